The van der Waals surface area contributed by atoms with E-state index in [9.17, 15) is 9.90 Å². The van der Waals surface area contributed by atoms with Crippen molar-refractivity contribution < 1.29 is 14.3 Å². The monoisotopic (exact) mass is 259 g/mol. The third-order valence-electron chi connectivity index (χ3n) is 2.80. The van der Waals surface area contributed by atoms with Crippen molar-refractivity contribution in [1.29, 1.82) is 0 Å². The Kier molecular flexibility index (Phi) is 4.23. The largest absolute Gasteiger partial charge is 0.508 e. The first-order chi connectivity index (χ1) is 9.20. The van der Waals surface area contributed by atoms with E-state index in [1.165, 1.54) is 0 Å². The van der Waals surface area contributed by atoms with Crippen molar-refractivity contribution in [3.05, 3.63) is 42.2 Å². The molecule has 0 unspecified atom stereocenters. The molecule has 2 rings (SSSR count). The Morgan fingerprint density at radius 1 is 1.21 bits per heavy atom. The molecule has 0 saturated carbocycles. The minimum absolute atomic E-state index is 0.196. The van der Waals surface area contributed by atoms with E-state index in [0.29, 0.717) is 18.1 Å². The highest BCUT2D eigenvalue weighted by atomic mass is 16.3. The fourth-order valence-corrected chi connectivity index (χ4v) is 1.71. The molecule has 0 aliphatic rings. The molecule has 1 aromatic heterocycles. The van der Waals surface area contributed by atoms with Crippen LogP contribution in [0.5, 0.6) is 5.75 Å². The lowest BCUT2D eigenvalue weighted by Gasteiger charge is -2.01. The van der Waals surface area contributed by atoms with E-state index in [0.717, 1.165) is 18.4 Å². The molecule has 2 aromatic rings. The molecule has 4 nitrogen and oxygen atoms in total. The van der Waals surface area contributed by atoms with Crippen molar-refractivity contribution in [3.8, 4) is 17.1 Å². The molecule has 1 amide bonds. The van der Waals surface area contributed by atoms with Crippen molar-refractivity contribution in [2.45, 2.75) is 19.8 Å². The number of phenolic OH excluding ortho intramolecular Hbond substituents is 1. The van der Waals surface area contributed by atoms with Crippen LogP contribution >= 0.6 is 0 Å². The van der Waals surface area contributed by atoms with Gasteiger partial charge < -0.3 is 14.8 Å². The van der Waals surface area contributed by atoms with Gasteiger partial charge in [-0.25, -0.2) is 0 Å². The Hall–Kier alpha value is -2.23. The number of hydrogen-bond donors (Lipinski definition) is 2. The molecule has 0 aliphatic carbocycles. The number of carbonyl (C=O) groups excluding carboxylic acids is 1. The summed E-state index contributed by atoms with van der Waals surface area (Å²) in [4.78, 5) is 11.8. The second-order valence-electron chi connectivity index (χ2n) is 4.32. The Bertz CT molecular complexity index is 543. The van der Waals surface area contributed by atoms with Gasteiger partial charge in [0.05, 0.1) is 0 Å². The second-order valence-corrected chi connectivity index (χ2v) is 4.32. The molecule has 2 N–H and O–H groups in total. The second kappa shape index (κ2) is 6.09. The van der Waals surface area contributed by atoms with Crippen molar-refractivity contribution in [1.82, 2.24) is 5.32 Å². The minimum atomic E-state index is -0.196. The van der Waals surface area contributed by atoms with E-state index in [4.69, 9.17) is 4.42 Å². The molecular weight excluding hydrogens is 242 g/mol. The normalized spacial score (nSPS) is 10.4. The van der Waals surface area contributed by atoms with E-state index < -0.39 is 0 Å². The smallest absolute Gasteiger partial charge is 0.287 e. The number of carbonyl (C=O) groups is 1. The fourth-order valence-electron chi connectivity index (χ4n) is 1.71. The summed E-state index contributed by atoms with van der Waals surface area (Å²) < 4.78 is 5.51. The van der Waals surface area contributed by atoms with E-state index in [-0.39, 0.29) is 11.7 Å². The highest BCUT2D eigenvalue weighted by molar-refractivity contribution is 5.92. The van der Waals surface area contributed by atoms with Gasteiger partial charge in [0.1, 0.15) is 11.5 Å². The molecule has 4 heteroatoms. The van der Waals surface area contributed by atoms with E-state index in [1.807, 2.05) is 0 Å². The molecule has 0 saturated heterocycles. The molecule has 1 heterocycles. The first-order valence-electron chi connectivity index (χ1n) is 6.38. The maximum absolute atomic E-state index is 11.8. The summed E-state index contributed by atoms with van der Waals surface area (Å²) in [5.74, 6) is 0.922. The van der Waals surface area contributed by atoms with Gasteiger partial charge in [-0.15, -0.1) is 0 Å². The number of nitrogens with one attached hydrogen (secondary N) is 1. The van der Waals surface area contributed by atoms with Crippen molar-refractivity contribution >= 4 is 5.91 Å². The molecule has 1 aromatic carbocycles. The molecule has 0 bridgehead atoms. The van der Waals surface area contributed by atoms with E-state index in [2.05, 4.69) is 12.2 Å². The van der Waals surface area contributed by atoms with Crippen LogP contribution in [0.15, 0.2) is 40.8 Å². The average molecular weight is 259 g/mol. The van der Waals surface area contributed by atoms with Crippen LogP contribution in [0.4, 0.5) is 0 Å². The SMILES string of the molecule is CCCCNC(=O)c1ccc(-c2ccc(O)cc2)o1. The predicted octanol–water partition coefficient (Wildman–Crippen LogP) is 3.18. The molecule has 0 spiro atoms. The van der Waals surface area contributed by atoms with Crippen molar-refractivity contribution in [2.24, 2.45) is 0 Å². The van der Waals surface area contributed by atoms with Crippen molar-refractivity contribution in [3.63, 3.8) is 0 Å². The zero-order chi connectivity index (χ0) is 13.7. The molecule has 0 radical (unpaired) electrons. The number of furan rings is 1. The summed E-state index contributed by atoms with van der Waals surface area (Å²) in [5, 5.41) is 12.0. The number of phenols is 1. The maximum atomic E-state index is 11.8. The summed E-state index contributed by atoms with van der Waals surface area (Å²) in [7, 11) is 0. The van der Waals surface area contributed by atoms with Gasteiger partial charge in [-0.1, -0.05) is 13.3 Å². The molecule has 0 fully saturated rings. The van der Waals surface area contributed by atoms with E-state index in [1.54, 1.807) is 36.4 Å². The fraction of sp³-hybridized carbons (Fsp3) is 0.267. The van der Waals surface area contributed by atoms with Crippen LogP contribution in [-0.2, 0) is 0 Å². The Morgan fingerprint density at radius 3 is 2.63 bits per heavy atom. The van der Waals surface area contributed by atoms with Crippen LogP contribution < -0.4 is 5.32 Å². The first-order valence-corrected chi connectivity index (χ1v) is 6.38. The number of rotatable bonds is 5. The zero-order valence-corrected chi connectivity index (χ0v) is 10.8. The van der Waals surface area contributed by atoms with Gasteiger partial charge in [-0.3, -0.25) is 4.79 Å². The summed E-state index contributed by atoms with van der Waals surface area (Å²) in [6, 6.07) is 10.1. The summed E-state index contributed by atoms with van der Waals surface area (Å²) in [6.45, 7) is 2.73. The van der Waals surface area contributed by atoms with Gasteiger partial charge in [0.15, 0.2) is 5.76 Å². The third-order valence-corrected chi connectivity index (χ3v) is 2.80. The highest BCUT2D eigenvalue weighted by Crippen LogP contribution is 2.23. The molecular formula is C15H17NO3. The molecule has 19 heavy (non-hydrogen) atoms. The topological polar surface area (TPSA) is 62.5 Å². The average Bonchev–Trinajstić information content (AvgIpc) is 2.89. The van der Waals surface area contributed by atoms with Crippen LogP contribution in [0.3, 0.4) is 0 Å². The summed E-state index contributed by atoms with van der Waals surface area (Å²) in [6.07, 6.45) is 1.99. The Balaban J connectivity index is 2.06. The molecule has 100 valence electrons. The van der Waals surface area contributed by atoms with Gasteiger partial charge in [0, 0.05) is 12.1 Å². The predicted molar refractivity (Wildman–Crippen MR) is 73.1 cm³/mol. The lowest BCUT2D eigenvalue weighted by atomic mass is 10.2. The van der Waals surface area contributed by atoms with Crippen LogP contribution in [0.2, 0.25) is 0 Å². The van der Waals surface area contributed by atoms with Crippen LogP contribution in [0.25, 0.3) is 11.3 Å². The Labute approximate surface area is 112 Å². The summed E-state index contributed by atoms with van der Waals surface area (Å²) in [5.41, 5.74) is 0.824. The number of amides is 1. The van der Waals surface area contributed by atoms with Gasteiger partial charge >= 0.3 is 0 Å². The first kappa shape index (κ1) is 13.2. The van der Waals surface area contributed by atoms with Crippen LogP contribution in [0.1, 0.15) is 30.3 Å². The van der Waals surface area contributed by atoms with Gasteiger partial charge in [-0.2, -0.15) is 0 Å². The Morgan fingerprint density at radius 2 is 1.95 bits per heavy atom. The lowest BCUT2D eigenvalue weighted by Crippen LogP contribution is -2.23. The standard InChI is InChI=1S/C15H17NO3/c1-2-3-10-16-15(18)14-9-8-13(19-14)11-4-6-12(17)7-5-11/h4-9,17H,2-3,10H2,1H3,(H,16,18). The van der Waals surface area contributed by atoms with Crippen molar-refractivity contribution in [2.75, 3.05) is 6.54 Å². The molecule has 0 aliphatic heterocycles. The minimum Gasteiger partial charge on any atom is -0.508 e. The lowest BCUT2D eigenvalue weighted by molar-refractivity contribution is 0.0926. The molecule has 0 atom stereocenters. The number of benzene rings is 1. The quantitative estimate of drug-likeness (QED) is 0.811. The van der Waals surface area contributed by atoms with Gasteiger partial charge in [-0.05, 0) is 42.8 Å². The van der Waals surface area contributed by atoms with E-state index >= 15 is 0 Å². The van der Waals surface area contributed by atoms with Gasteiger partial charge in [0.25, 0.3) is 5.91 Å². The van der Waals surface area contributed by atoms with Crippen LogP contribution in [0, 0.1) is 0 Å². The summed E-state index contributed by atoms with van der Waals surface area (Å²) >= 11 is 0. The number of unbranched alkanes of at least 4 members (excludes halogenated alkanes) is 1. The maximum Gasteiger partial charge on any atom is 0.287 e. The number of hydrogen-bond acceptors (Lipinski definition) is 3. The zero-order valence-electron chi connectivity index (χ0n) is 10.8. The third kappa shape index (κ3) is 3.37. The van der Waals surface area contributed by atoms with Gasteiger partial charge in [0.2, 0.25) is 0 Å². The van der Waals surface area contributed by atoms with Crippen LogP contribution in [-0.4, -0.2) is 17.6 Å². The number of aromatic hydroxyl groups is 1. The highest BCUT2D eigenvalue weighted by Gasteiger charge is 2.11.